The zero-order valence-corrected chi connectivity index (χ0v) is 14.5. The van der Waals surface area contributed by atoms with Gasteiger partial charge in [-0.3, -0.25) is 4.79 Å². The number of carbonyl (C=O) groups is 1. The van der Waals surface area contributed by atoms with Crippen LogP contribution >= 0.6 is 23.2 Å². The Balaban J connectivity index is 2.23. The normalized spacial score (nSPS) is 16.1. The fourth-order valence-electron chi connectivity index (χ4n) is 2.57. The molecule has 1 aromatic rings. The minimum absolute atomic E-state index is 0.0500. The van der Waals surface area contributed by atoms with Crippen molar-refractivity contribution in [3.8, 4) is 0 Å². The Morgan fingerprint density at radius 3 is 2.73 bits per heavy atom. The first kappa shape index (κ1) is 17.3. The van der Waals surface area contributed by atoms with Gasteiger partial charge >= 0.3 is 0 Å². The van der Waals surface area contributed by atoms with Crippen LogP contribution in [-0.2, 0) is 9.53 Å². The van der Waals surface area contributed by atoms with Gasteiger partial charge in [-0.05, 0) is 31.0 Å². The van der Waals surface area contributed by atoms with Gasteiger partial charge in [0.1, 0.15) is 0 Å². The molecule has 5 heteroatoms. The summed E-state index contributed by atoms with van der Waals surface area (Å²) >= 11 is 12.1. The Hall–Kier alpha value is -1.03. The first-order chi connectivity index (χ1) is 10.5. The predicted molar refractivity (Wildman–Crippen MR) is 90.4 cm³/mol. The van der Waals surface area contributed by atoms with E-state index in [1.807, 2.05) is 30.0 Å². The summed E-state index contributed by atoms with van der Waals surface area (Å²) < 4.78 is 5.28. The molecule has 0 aromatic heterocycles. The number of rotatable bonds is 5. The maximum Gasteiger partial charge on any atom is 0.250 e. The van der Waals surface area contributed by atoms with E-state index >= 15 is 0 Å². The lowest BCUT2D eigenvalue weighted by atomic mass is 10.0. The smallest absolute Gasteiger partial charge is 0.250 e. The number of ether oxygens (including phenoxy) is 1. The van der Waals surface area contributed by atoms with E-state index in [4.69, 9.17) is 27.9 Å². The molecule has 1 aromatic carbocycles. The average Bonchev–Trinajstić information content (AvgIpc) is 2.55. The summed E-state index contributed by atoms with van der Waals surface area (Å²) in [6.07, 6.45) is 3.46. The van der Waals surface area contributed by atoms with Crippen LogP contribution in [0.25, 0.3) is 0 Å². The largest absolute Gasteiger partial charge is 0.377 e. The first-order valence-corrected chi connectivity index (χ1v) is 8.33. The zero-order valence-electron chi connectivity index (χ0n) is 12.9. The number of hydrogen-bond acceptors (Lipinski definition) is 2. The Morgan fingerprint density at radius 2 is 2.14 bits per heavy atom. The lowest BCUT2D eigenvalue weighted by Crippen LogP contribution is -2.36. The van der Waals surface area contributed by atoms with Crippen molar-refractivity contribution in [3.05, 3.63) is 45.5 Å². The molecule has 1 aliphatic heterocycles. The molecule has 0 fully saturated rings. The van der Waals surface area contributed by atoms with Crippen LogP contribution in [0.5, 0.6) is 0 Å². The van der Waals surface area contributed by atoms with Crippen LogP contribution in [0.3, 0.4) is 0 Å². The number of amides is 1. The third kappa shape index (κ3) is 4.03. The highest BCUT2D eigenvalue weighted by atomic mass is 35.5. The molecule has 3 nitrogen and oxygen atoms in total. The van der Waals surface area contributed by atoms with E-state index in [1.54, 1.807) is 6.07 Å². The fraction of sp³-hybridized carbons (Fsp3) is 0.471. The zero-order chi connectivity index (χ0) is 16.1. The highest BCUT2D eigenvalue weighted by Gasteiger charge is 2.24. The van der Waals surface area contributed by atoms with Crippen molar-refractivity contribution in [2.24, 2.45) is 0 Å². The minimum Gasteiger partial charge on any atom is -0.377 e. The third-order valence-corrected chi connectivity index (χ3v) is 4.60. The molecular formula is C17H21Cl2NO2. The summed E-state index contributed by atoms with van der Waals surface area (Å²) in [5, 5.41) is 1.04. The van der Waals surface area contributed by atoms with Gasteiger partial charge in [0.15, 0.2) is 0 Å². The summed E-state index contributed by atoms with van der Waals surface area (Å²) in [4.78, 5) is 14.7. The number of hydrogen-bond donors (Lipinski definition) is 0. The monoisotopic (exact) mass is 341 g/mol. The highest BCUT2D eigenvalue weighted by Crippen LogP contribution is 2.29. The molecule has 0 bridgehead atoms. The molecular weight excluding hydrogens is 321 g/mol. The van der Waals surface area contributed by atoms with Crippen molar-refractivity contribution in [1.82, 2.24) is 4.90 Å². The molecule has 0 saturated carbocycles. The quantitative estimate of drug-likeness (QED) is 0.780. The van der Waals surface area contributed by atoms with E-state index in [-0.39, 0.29) is 11.9 Å². The predicted octanol–water partition coefficient (Wildman–Crippen LogP) is 4.64. The number of benzene rings is 1. The molecule has 0 aliphatic carbocycles. The maximum absolute atomic E-state index is 12.8. The molecule has 1 amide bonds. The van der Waals surface area contributed by atoms with E-state index in [9.17, 15) is 4.79 Å². The van der Waals surface area contributed by atoms with Gasteiger partial charge in [-0.25, -0.2) is 0 Å². The van der Waals surface area contributed by atoms with Crippen LogP contribution in [0.2, 0.25) is 10.0 Å². The average molecular weight is 342 g/mol. The van der Waals surface area contributed by atoms with Gasteiger partial charge in [0.05, 0.1) is 29.3 Å². The third-order valence-electron chi connectivity index (χ3n) is 3.86. The van der Waals surface area contributed by atoms with Crippen LogP contribution in [0, 0.1) is 0 Å². The van der Waals surface area contributed by atoms with Gasteiger partial charge in [-0.2, -0.15) is 0 Å². The van der Waals surface area contributed by atoms with Gasteiger partial charge in [0, 0.05) is 18.5 Å². The summed E-state index contributed by atoms with van der Waals surface area (Å²) in [5.74, 6) is 0.0868. The minimum atomic E-state index is -0.0500. The van der Waals surface area contributed by atoms with Gasteiger partial charge in [0.25, 0.3) is 0 Å². The fourth-order valence-corrected chi connectivity index (χ4v) is 2.88. The van der Waals surface area contributed by atoms with Gasteiger partial charge in [0.2, 0.25) is 5.91 Å². The van der Waals surface area contributed by atoms with Crippen molar-refractivity contribution in [3.63, 3.8) is 0 Å². The SMILES string of the molecule is CCCN(C(=O)C1=CCOCC1)[C@@H](C)c1ccc(Cl)c(Cl)c1. The van der Waals surface area contributed by atoms with Crippen LogP contribution in [0.1, 0.15) is 38.3 Å². The molecule has 0 saturated heterocycles. The Bertz CT molecular complexity index is 572. The summed E-state index contributed by atoms with van der Waals surface area (Å²) in [5.41, 5.74) is 1.83. The van der Waals surface area contributed by atoms with E-state index in [2.05, 4.69) is 6.92 Å². The molecule has 2 rings (SSSR count). The first-order valence-electron chi connectivity index (χ1n) is 7.57. The number of carbonyl (C=O) groups excluding carboxylic acids is 1. The molecule has 0 spiro atoms. The molecule has 0 unspecified atom stereocenters. The number of halogens is 2. The Morgan fingerprint density at radius 1 is 1.36 bits per heavy atom. The summed E-state index contributed by atoms with van der Waals surface area (Å²) in [7, 11) is 0. The van der Waals surface area contributed by atoms with Crippen LogP contribution < -0.4 is 0 Å². The molecule has 1 heterocycles. The van der Waals surface area contributed by atoms with E-state index in [0.717, 1.165) is 17.6 Å². The second kappa shape index (κ2) is 8.00. The topological polar surface area (TPSA) is 29.5 Å². The Kier molecular flexibility index (Phi) is 6.30. The second-order valence-corrected chi connectivity index (χ2v) is 6.22. The lowest BCUT2D eigenvalue weighted by Gasteiger charge is -2.31. The lowest BCUT2D eigenvalue weighted by molar-refractivity contribution is -0.129. The van der Waals surface area contributed by atoms with Crippen molar-refractivity contribution >= 4 is 29.1 Å². The van der Waals surface area contributed by atoms with Crippen LogP contribution in [-0.4, -0.2) is 30.6 Å². The Labute approximate surface area is 141 Å². The van der Waals surface area contributed by atoms with Crippen molar-refractivity contribution in [2.75, 3.05) is 19.8 Å². The molecule has 22 heavy (non-hydrogen) atoms. The standard InChI is InChI=1S/C17H21Cl2NO2/c1-3-8-20(17(21)13-6-9-22-10-7-13)12(2)14-4-5-15(18)16(19)11-14/h4-6,11-12H,3,7-10H2,1-2H3/t12-/m0/s1. The van der Waals surface area contributed by atoms with Crippen LogP contribution in [0.15, 0.2) is 29.8 Å². The second-order valence-electron chi connectivity index (χ2n) is 5.40. The maximum atomic E-state index is 12.8. The van der Waals surface area contributed by atoms with Crippen LogP contribution in [0.4, 0.5) is 0 Å². The van der Waals surface area contributed by atoms with E-state index < -0.39 is 0 Å². The molecule has 0 radical (unpaired) electrons. The van der Waals surface area contributed by atoms with E-state index in [1.165, 1.54) is 0 Å². The van der Waals surface area contributed by atoms with E-state index in [0.29, 0.717) is 36.2 Å². The molecule has 0 N–H and O–H groups in total. The molecule has 120 valence electrons. The van der Waals surface area contributed by atoms with Crippen molar-refractivity contribution in [2.45, 2.75) is 32.7 Å². The van der Waals surface area contributed by atoms with Gasteiger partial charge in [-0.15, -0.1) is 0 Å². The molecule has 1 atom stereocenters. The van der Waals surface area contributed by atoms with Gasteiger partial charge < -0.3 is 9.64 Å². The summed E-state index contributed by atoms with van der Waals surface area (Å²) in [6, 6.07) is 5.49. The van der Waals surface area contributed by atoms with Crippen molar-refractivity contribution < 1.29 is 9.53 Å². The summed E-state index contributed by atoms with van der Waals surface area (Å²) in [6.45, 7) is 5.92. The molecule has 1 aliphatic rings. The number of nitrogens with zero attached hydrogens (tertiary/aromatic N) is 1. The highest BCUT2D eigenvalue weighted by molar-refractivity contribution is 6.42. The van der Waals surface area contributed by atoms with Crippen molar-refractivity contribution in [1.29, 1.82) is 0 Å². The van der Waals surface area contributed by atoms with Gasteiger partial charge in [-0.1, -0.05) is 42.3 Å².